The molecule has 0 saturated heterocycles. The molecule has 0 saturated carbocycles. The number of benzene rings is 1. The molecule has 0 radical (unpaired) electrons. The number of thiazole rings is 1. The standard InChI is InChI=1S/C17H18N2O4S/c1-4-22-16(21)12-8-18-17-19(15(12)20)13-6-5-11(7-14(13)24-17)23-9-10(2)3/h5-8,10H,4,9H2,1-3H3. The largest absolute Gasteiger partial charge is 0.493 e. The minimum atomic E-state index is -0.652. The monoisotopic (exact) mass is 346 g/mol. The molecule has 3 aromatic rings. The quantitative estimate of drug-likeness (QED) is 0.664. The first-order valence-corrected chi connectivity index (χ1v) is 8.57. The number of ether oxygens (including phenoxy) is 2. The molecule has 7 heteroatoms. The molecule has 0 bridgehead atoms. The Morgan fingerprint density at radius 2 is 2.17 bits per heavy atom. The van der Waals surface area contributed by atoms with E-state index < -0.39 is 11.5 Å². The molecule has 3 rings (SSSR count). The second-order valence-corrected chi connectivity index (χ2v) is 6.76. The van der Waals surface area contributed by atoms with Crippen LogP contribution in [0, 0.1) is 5.92 Å². The van der Waals surface area contributed by atoms with E-state index in [1.807, 2.05) is 18.2 Å². The number of aromatic nitrogens is 2. The smallest absolute Gasteiger partial charge is 0.345 e. The molecular weight excluding hydrogens is 328 g/mol. The van der Waals surface area contributed by atoms with Crippen molar-refractivity contribution in [3.63, 3.8) is 0 Å². The maximum atomic E-state index is 12.6. The number of carbonyl (C=O) groups is 1. The van der Waals surface area contributed by atoms with Crippen molar-refractivity contribution in [2.45, 2.75) is 20.8 Å². The summed E-state index contributed by atoms with van der Waals surface area (Å²) in [7, 11) is 0. The topological polar surface area (TPSA) is 69.9 Å². The van der Waals surface area contributed by atoms with E-state index in [1.54, 1.807) is 6.92 Å². The number of fused-ring (bicyclic) bond motifs is 3. The third kappa shape index (κ3) is 2.99. The molecular formula is C17H18N2O4S. The molecule has 0 aliphatic rings. The molecule has 2 heterocycles. The molecule has 24 heavy (non-hydrogen) atoms. The van der Waals surface area contributed by atoms with Gasteiger partial charge in [0.05, 0.1) is 29.6 Å². The molecule has 0 amide bonds. The van der Waals surface area contributed by atoms with Gasteiger partial charge in [-0.3, -0.25) is 9.20 Å². The van der Waals surface area contributed by atoms with Crippen molar-refractivity contribution in [1.82, 2.24) is 9.38 Å². The molecule has 0 unspecified atom stereocenters. The fraction of sp³-hybridized carbons (Fsp3) is 0.353. The van der Waals surface area contributed by atoms with Gasteiger partial charge in [0.2, 0.25) is 0 Å². The average molecular weight is 346 g/mol. The van der Waals surface area contributed by atoms with Crippen molar-refractivity contribution < 1.29 is 14.3 Å². The van der Waals surface area contributed by atoms with Crippen molar-refractivity contribution in [2.24, 2.45) is 5.92 Å². The van der Waals surface area contributed by atoms with E-state index in [1.165, 1.54) is 21.9 Å². The van der Waals surface area contributed by atoms with Crippen molar-refractivity contribution in [1.29, 1.82) is 0 Å². The van der Waals surface area contributed by atoms with E-state index >= 15 is 0 Å². The molecule has 0 fully saturated rings. The van der Waals surface area contributed by atoms with Gasteiger partial charge in [0, 0.05) is 0 Å². The van der Waals surface area contributed by atoms with Crippen LogP contribution in [0.2, 0.25) is 0 Å². The number of esters is 1. The molecule has 1 aromatic carbocycles. The molecule has 0 aliphatic heterocycles. The Morgan fingerprint density at radius 3 is 2.88 bits per heavy atom. The van der Waals surface area contributed by atoms with Gasteiger partial charge in [0.1, 0.15) is 11.3 Å². The number of hydrogen-bond donors (Lipinski definition) is 0. The lowest BCUT2D eigenvalue weighted by Crippen LogP contribution is -2.23. The zero-order valence-corrected chi connectivity index (χ0v) is 14.6. The van der Waals surface area contributed by atoms with E-state index in [2.05, 4.69) is 18.8 Å². The predicted octanol–water partition coefficient (Wildman–Crippen LogP) is 3.12. The van der Waals surface area contributed by atoms with Crippen molar-refractivity contribution in [3.05, 3.63) is 40.3 Å². The van der Waals surface area contributed by atoms with Gasteiger partial charge in [-0.1, -0.05) is 25.2 Å². The highest BCUT2D eigenvalue weighted by Gasteiger charge is 2.17. The fourth-order valence-corrected chi connectivity index (χ4v) is 3.30. The highest BCUT2D eigenvalue weighted by Crippen LogP contribution is 2.28. The lowest BCUT2D eigenvalue weighted by molar-refractivity contribution is 0.0523. The van der Waals surface area contributed by atoms with Gasteiger partial charge < -0.3 is 9.47 Å². The summed E-state index contributed by atoms with van der Waals surface area (Å²) in [5.74, 6) is 0.529. The lowest BCUT2D eigenvalue weighted by atomic mass is 10.2. The summed E-state index contributed by atoms with van der Waals surface area (Å²) in [4.78, 5) is 29.3. The van der Waals surface area contributed by atoms with Crippen molar-refractivity contribution in [2.75, 3.05) is 13.2 Å². The normalized spacial score (nSPS) is 11.3. The molecule has 126 valence electrons. The van der Waals surface area contributed by atoms with Gasteiger partial charge in [-0.15, -0.1) is 0 Å². The third-order valence-electron chi connectivity index (χ3n) is 3.38. The molecule has 0 atom stereocenters. The maximum absolute atomic E-state index is 12.6. The van der Waals surface area contributed by atoms with E-state index in [-0.39, 0.29) is 12.2 Å². The second-order valence-electron chi connectivity index (χ2n) is 5.75. The maximum Gasteiger partial charge on any atom is 0.345 e. The number of carbonyl (C=O) groups excluding carboxylic acids is 1. The predicted molar refractivity (Wildman–Crippen MR) is 93.1 cm³/mol. The summed E-state index contributed by atoms with van der Waals surface area (Å²) in [5.41, 5.74) is 0.227. The number of rotatable bonds is 5. The van der Waals surface area contributed by atoms with Crippen LogP contribution < -0.4 is 10.3 Å². The molecule has 0 aliphatic carbocycles. The van der Waals surface area contributed by atoms with Crippen LogP contribution in [0.1, 0.15) is 31.1 Å². The van der Waals surface area contributed by atoms with Crippen LogP contribution >= 0.6 is 11.3 Å². The highest BCUT2D eigenvalue weighted by molar-refractivity contribution is 7.23. The molecule has 2 aromatic heterocycles. The first kappa shape index (κ1) is 16.4. The van der Waals surface area contributed by atoms with E-state index in [0.717, 1.165) is 10.4 Å². The Morgan fingerprint density at radius 1 is 1.38 bits per heavy atom. The second kappa shape index (κ2) is 6.60. The Kier molecular flexibility index (Phi) is 4.53. The van der Waals surface area contributed by atoms with E-state index in [9.17, 15) is 9.59 Å². The number of nitrogens with zero attached hydrogens (tertiary/aromatic N) is 2. The Labute approximate surface area is 142 Å². The fourth-order valence-electron chi connectivity index (χ4n) is 2.29. The minimum absolute atomic E-state index is 0.0609. The van der Waals surface area contributed by atoms with Crippen LogP contribution in [0.5, 0.6) is 5.75 Å². The summed E-state index contributed by atoms with van der Waals surface area (Å²) in [6.45, 7) is 6.69. The van der Waals surface area contributed by atoms with Crippen LogP contribution in [0.3, 0.4) is 0 Å². The van der Waals surface area contributed by atoms with Crippen LogP contribution in [0.25, 0.3) is 15.2 Å². The Balaban J connectivity index is 2.09. The van der Waals surface area contributed by atoms with E-state index in [4.69, 9.17) is 9.47 Å². The zero-order valence-electron chi connectivity index (χ0n) is 13.7. The van der Waals surface area contributed by atoms with E-state index in [0.29, 0.717) is 23.0 Å². The Hall–Kier alpha value is -2.41. The van der Waals surface area contributed by atoms with Crippen molar-refractivity contribution in [3.8, 4) is 5.75 Å². The van der Waals surface area contributed by atoms with Crippen LogP contribution in [0.15, 0.2) is 29.2 Å². The van der Waals surface area contributed by atoms with Gasteiger partial charge in [-0.2, -0.15) is 0 Å². The average Bonchev–Trinajstić information content (AvgIpc) is 2.91. The van der Waals surface area contributed by atoms with Gasteiger partial charge >= 0.3 is 5.97 Å². The highest BCUT2D eigenvalue weighted by atomic mass is 32.1. The van der Waals surface area contributed by atoms with Gasteiger partial charge in [0.25, 0.3) is 5.56 Å². The molecule has 6 nitrogen and oxygen atoms in total. The zero-order chi connectivity index (χ0) is 17.3. The SMILES string of the molecule is CCOC(=O)c1cnc2sc3cc(OCC(C)C)ccc3n2c1=O. The Bertz CT molecular complexity index is 958. The molecule has 0 N–H and O–H groups in total. The van der Waals surface area contributed by atoms with Crippen LogP contribution in [0.4, 0.5) is 0 Å². The summed E-state index contributed by atoms with van der Waals surface area (Å²) in [6.07, 6.45) is 1.28. The first-order valence-electron chi connectivity index (χ1n) is 7.75. The summed E-state index contributed by atoms with van der Waals surface area (Å²) < 4.78 is 13.0. The molecule has 0 spiro atoms. The van der Waals surface area contributed by atoms with Gasteiger partial charge in [-0.25, -0.2) is 9.78 Å². The summed E-state index contributed by atoms with van der Waals surface area (Å²) >= 11 is 1.38. The van der Waals surface area contributed by atoms with Gasteiger partial charge in [0.15, 0.2) is 4.96 Å². The first-order chi connectivity index (χ1) is 11.5. The number of hydrogen-bond acceptors (Lipinski definition) is 6. The summed E-state index contributed by atoms with van der Waals surface area (Å²) in [6, 6.07) is 5.52. The van der Waals surface area contributed by atoms with Crippen molar-refractivity contribution >= 4 is 32.5 Å². The van der Waals surface area contributed by atoms with Crippen LogP contribution in [-0.2, 0) is 4.74 Å². The minimum Gasteiger partial charge on any atom is -0.493 e. The van der Waals surface area contributed by atoms with Crippen LogP contribution in [-0.4, -0.2) is 28.6 Å². The lowest BCUT2D eigenvalue weighted by Gasteiger charge is -2.08. The summed E-state index contributed by atoms with van der Waals surface area (Å²) in [5, 5.41) is 0. The third-order valence-corrected chi connectivity index (χ3v) is 4.40. The van der Waals surface area contributed by atoms with Gasteiger partial charge in [-0.05, 0) is 31.0 Å².